The van der Waals surface area contributed by atoms with Crippen LogP contribution in [0.15, 0.2) is 48.5 Å². The van der Waals surface area contributed by atoms with Crippen LogP contribution in [0.3, 0.4) is 0 Å². The summed E-state index contributed by atoms with van der Waals surface area (Å²) in [7, 11) is 3.37. The van der Waals surface area contributed by atoms with E-state index >= 15 is 0 Å². The van der Waals surface area contributed by atoms with Crippen LogP contribution >= 0.6 is 0 Å². The molecule has 1 atom stereocenters. The summed E-state index contributed by atoms with van der Waals surface area (Å²) < 4.78 is 10.8. The van der Waals surface area contributed by atoms with Crippen LogP contribution in [0.1, 0.15) is 18.1 Å². The van der Waals surface area contributed by atoms with E-state index in [2.05, 4.69) is 59.2 Å². The molecule has 0 saturated carbocycles. The molecule has 4 nitrogen and oxygen atoms in total. The third-order valence-corrected chi connectivity index (χ3v) is 5.26. The third-order valence-electron chi connectivity index (χ3n) is 5.26. The molecule has 1 aliphatic heterocycles. The van der Waals surface area contributed by atoms with E-state index in [1.165, 1.54) is 11.1 Å². The summed E-state index contributed by atoms with van der Waals surface area (Å²) in [6.07, 6.45) is 1.03. The number of piperazine rings is 1. The molecule has 1 heterocycles. The minimum absolute atomic E-state index is 0.520. The second kappa shape index (κ2) is 9.06. The van der Waals surface area contributed by atoms with Gasteiger partial charge in [0.05, 0.1) is 14.2 Å². The Bertz CT molecular complexity index is 682. The smallest absolute Gasteiger partial charge is 0.160 e. The highest BCUT2D eigenvalue weighted by Gasteiger charge is 2.21. The van der Waals surface area contributed by atoms with Crippen molar-refractivity contribution in [1.82, 2.24) is 9.80 Å². The van der Waals surface area contributed by atoms with Crippen LogP contribution in [0, 0.1) is 0 Å². The monoisotopic (exact) mass is 354 g/mol. The maximum absolute atomic E-state index is 5.43. The highest BCUT2D eigenvalue weighted by atomic mass is 16.5. The quantitative estimate of drug-likeness (QED) is 0.760. The second-order valence-electron chi connectivity index (χ2n) is 7.04. The molecule has 1 saturated heterocycles. The zero-order valence-corrected chi connectivity index (χ0v) is 16.1. The van der Waals surface area contributed by atoms with Crippen LogP contribution in [0.4, 0.5) is 0 Å². The molecule has 0 N–H and O–H groups in total. The summed E-state index contributed by atoms with van der Waals surface area (Å²) in [5, 5.41) is 0. The summed E-state index contributed by atoms with van der Waals surface area (Å²) >= 11 is 0. The van der Waals surface area contributed by atoms with Crippen molar-refractivity contribution in [2.24, 2.45) is 0 Å². The molecule has 0 amide bonds. The average Bonchev–Trinajstić information content (AvgIpc) is 2.69. The molecule has 0 spiro atoms. The molecular weight excluding hydrogens is 324 g/mol. The summed E-state index contributed by atoms with van der Waals surface area (Å²) in [4.78, 5) is 5.15. The molecule has 4 heteroatoms. The van der Waals surface area contributed by atoms with Crippen LogP contribution in [0.5, 0.6) is 11.5 Å². The summed E-state index contributed by atoms with van der Waals surface area (Å²) in [5.74, 6) is 1.60. The Hall–Kier alpha value is -2.04. The molecule has 0 aromatic heterocycles. The number of hydrogen-bond donors (Lipinski definition) is 0. The molecule has 0 radical (unpaired) electrons. The van der Waals surface area contributed by atoms with Crippen molar-refractivity contribution >= 4 is 0 Å². The van der Waals surface area contributed by atoms with Crippen LogP contribution < -0.4 is 9.47 Å². The molecule has 0 unspecified atom stereocenters. The van der Waals surface area contributed by atoms with Gasteiger partial charge >= 0.3 is 0 Å². The van der Waals surface area contributed by atoms with Gasteiger partial charge in [-0.2, -0.15) is 0 Å². The van der Waals surface area contributed by atoms with Crippen molar-refractivity contribution in [3.05, 3.63) is 59.7 Å². The van der Waals surface area contributed by atoms with Crippen molar-refractivity contribution in [3.63, 3.8) is 0 Å². The van der Waals surface area contributed by atoms with Crippen molar-refractivity contribution in [3.8, 4) is 11.5 Å². The van der Waals surface area contributed by atoms with Crippen molar-refractivity contribution < 1.29 is 9.47 Å². The van der Waals surface area contributed by atoms with E-state index in [9.17, 15) is 0 Å². The third kappa shape index (κ3) is 4.77. The normalized spacial score (nSPS) is 17.0. The number of nitrogens with zero attached hydrogens (tertiary/aromatic N) is 2. The first-order chi connectivity index (χ1) is 12.7. The first-order valence-electron chi connectivity index (χ1n) is 9.41. The van der Waals surface area contributed by atoms with Gasteiger partial charge in [-0.15, -0.1) is 0 Å². The molecule has 26 heavy (non-hydrogen) atoms. The lowest BCUT2D eigenvalue weighted by Crippen LogP contribution is -2.49. The minimum Gasteiger partial charge on any atom is -0.493 e. The molecule has 2 aromatic carbocycles. The van der Waals surface area contributed by atoms with E-state index in [-0.39, 0.29) is 0 Å². The van der Waals surface area contributed by atoms with Crippen LogP contribution in [-0.2, 0) is 13.0 Å². The lowest BCUT2D eigenvalue weighted by Gasteiger charge is -2.38. The van der Waals surface area contributed by atoms with Crippen molar-refractivity contribution in [1.29, 1.82) is 0 Å². The van der Waals surface area contributed by atoms with Crippen LogP contribution in [0.25, 0.3) is 0 Å². The van der Waals surface area contributed by atoms with E-state index in [4.69, 9.17) is 9.47 Å². The Kier molecular flexibility index (Phi) is 6.53. The molecular formula is C22H30N2O2. The van der Waals surface area contributed by atoms with Crippen molar-refractivity contribution in [2.45, 2.75) is 25.9 Å². The molecule has 0 bridgehead atoms. The van der Waals surface area contributed by atoms with Crippen LogP contribution in [0.2, 0.25) is 0 Å². The summed E-state index contributed by atoms with van der Waals surface area (Å²) in [6.45, 7) is 7.89. The predicted octanol–water partition coefficient (Wildman–Crippen LogP) is 3.45. The van der Waals surface area contributed by atoms with E-state index in [1.807, 2.05) is 6.07 Å². The lowest BCUT2D eigenvalue weighted by atomic mass is 10.0. The Morgan fingerprint density at radius 1 is 0.846 bits per heavy atom. The lowest BCUT2D eigenvalue weighted by molar-refractivity contribution is 0.0977. The maximum atomic E-state index is 5.43. The summed E-state index contributed by atoms with van der Waals surface area (Å²) in [5.41, 5.74) is 2.70. The Morgan fingerprint density at radius 2 is 1.54 bits per heavy atom. The molecule has 140 valence electrons. The number of methoxy groups -OCH3 is 2. The van der Waals surface area contributed by atoms with E-state index in [0.29, 0.717) is 6.04 Å². The van der Waals surface area contributed by atoms with Gasteiger partial charge in [-0.05, 0) is 36.6 Å². The van der Waals surface area contributed by atoms with Gasteiger partial charge in [0, 0.05) is 38.8 Å². The van der Waals surface area contributed by atoms with Gasteiger partial charge in [0.1, 0.15) is 0 Å². The Balaban J connectivity index is 1.51. The minimum atomic E-state index is 0.520. The van der Waals surface area contributed by atoms with Gasteiger partial charge in [-0.1, -0.05) is 36.4 Å². The van der Waals surface area contributed by atoms with Gasteiger partial charge in [0.25, 0.3) is 0 Å². The molecule has 3 rings (SSSR count). The average molecular weight is 354 g/mol. The van der Waals surface area contributed by atoms with Crippen molar-refractivity contribution in [2.75, 3.05) is 40.4 Å². The van der Waals surface area contributed by atoms with Gasteiger partial charge in [-0.3, -0.25) is 9.80 Å². The zero-order chi connectivity index (χ0) is 18.4. The molecule has 2 aromatic rings. The molecule has 1 aliphatic rings. The number of rotatable bonds is 7. The fourth-order valence-electron chi connectivity index (χ4n) is 3.68. The standard InChI is InChI=1S/C22H30N2O2/c1-18(15-20-9-10-21(25-2)22(16-20)26-3)24-13-11-23(12-14-24)17-19-7-5-4-6-8-19/h4-10,16,18H,11-15,17H2,1-3H3/t18-/m1/s1. The maximum Gasteiger partial charge on any atom is 0.160 e. The fraction of sp³-hybridized carbons (Fsp3) is 0.455. The van der Waals surface area contributed by atoms with Gasteiger partial charge in [0.2, 0.25) is 0 Å². The first-order valence-corrected chi connectivity index (χ1v) is 9.41. The molecule has 1 fully saturated rings. The van der Waals surface area contributed by atoms with E-state index < -0.39 is 0 Å². The second-order valence-corrected chi connectivity index (χ2v) is 7.04. The summed E-state index contributed by atoms with van der Waals surface area (Å²) in [6, 6.07) is 17.5. The topological polar surface area (TPSA) is 24.9 Å². The largest absolute Gasteiger partial charge is 0.493 e. The highest BCUT2D eigenvalue weighted by Crippen LogP contribution is 2.28. The number of ether oxygens (including phenoxy) is 2. The Labute approximate surface area is 157 Å². The van der Waals surface area contributed by atoms with Gasteiger partial charge < -0.3 is 9.47 Å². The number of benzene rings is 2. The van der Waals surface area contributed by atoms with Crippen LogP contribution in [-0.4, -0.2) is 56.2 Å². The highest BCUT2D eigenvalue weighted by molar-refractivity contribution is 5.43. The Morgan fingerprint density at radius 3 is 2.19 bits per heavy atom. The SMILES string of the molecule is COc1ccc(C[C@@H](C)N2CCN(Cc3ccccc3)CC2)cc1OC. The first kappa shape index (κ1) is 18.7. The number of hydrogen-bond acceptors (Lipinski definition) is 4. The van der Waals surface area contributed by atoms with Gasteiger partial charge in [-0.25, -0.2) is 0 Å². The van der Waals surface area contributed by atoms with E-state index in [0.717, 1.165) is 50.6 Å². The predicted molar refractivity (Wildman–Crippen MR) is 106 cm³/mol. The fourth-order valence-corrected chi connectivity index (χ4v) is 3.68. The molecule has 0 aliphatic carbocycles. The van der Waals surface area contributed by atoms with Gasteiger partial charge in [0.15, 0.2) is 11.5 Å². The van der Waals surface area contributed by atoms with E-state index in [1.54, 1.807) is 14.2 Å². The zero-order valence-electron chi connectivity index (χ0n) is 16.1.